The second kappa shape index (κ2) is 14.7. The molecule has 1 aliphatic carbocycles. The fraction of sp³-hybridized carbons (Fsp3) is 0.477. The van der Waals surface area contributed by atoms with E-state index in [4.69, 9.17) is 34.0 Å². The maximum atomic E-state index is 16.4. The Morgan fingerprint density at radius 1 is 0.983 bits per heavy atom. The van der Waals surface area contributed by atoms with E-state index in [1.165, 1.54) is 0 Å². The topological polar surface area (TPSA) is 141 Å². The standard InChI is InChI=1S/C44H49FN6O7/c1-6-55-42-47-38-31(40(48-42)49-21-29-17-28(49)22-50(29)43(54)58-44(3,4)5)18-30(26-14-15-26)37(39(38)57-23-25-10-12-27(13-11-25)41(52)53)36-24(2)33(45)19-34-32(36)20-46-51(34)35-9-7-8-16-56-35/h10-13,18-20,26,28-29,35H,6-9,14-17,21-23H2,1-5H3,(H,52,53)/t28-,29-,35?/m0/s1. The normalized spacial score (nSPS) is 20.6. The number of hydrogen-bond donors (Lipinski definition) is 1. The van der Waals surface area contributed by atoms with Crippen molar-refractivity contribution in [3.63, 3.8) is 0 Å². The molecular formula is C44H49FN6O7. The molecule has 4 aliphatic rings. The van der Waals surface area contributed by atoms with Crippen LogP contribution in [0.25, 0.3) is 32.9 Å². The molecule has 3 aliphatic heterocycles. The fourth-order valence-corrected chi connectivity index (χ4v) is 8.84. The zero-order valence-electron chi connectivity index (χ0n) is 33.6. The summed E-state index contributed by atoms with van der Waals surface area (Å²) in [6, 6.07) is 10.4. The van der Waals surface area contributed by atoms with E-state index in [0.29, 0.717) is 60.0 Å². The van der Waals surface area contributed by atoms with E-state index in [0.717, 1.165) is 66.0 Å². The number of anilines is 1. The van der Waals surface area contributed by atoms with Crippen LogP contribution in [0.1, 0.15) is 105 Å². The number of hydrogen-bond acceptors (Lipinski definition) is 10. The summed E-state index contributed by atoms with van der Waals surface area (Å²) in [6.07, 6.45) is 6.63. The Kier molecular flexibility index (Phi) is 9.65. The molecular weight excluding hydrogens is 744 g/mol. The number of halogens is 1. The minimum absolute atomic E-state index is 0.0100. The summed E-state index contributed by atoms with van der Waals surface area (Å²) in [5.74, 6) is -0.0403. The minimum Gasteiger partial charge on any atom is -0.486 e. The average molecular weight is 793 g/mol. The first-order chi connectivity index (χ1) is 27.9. The number of carboxylic acids is 1. The number of aromatic carboxylic acids is 1. The molecule has 304 valence electrons. The lowest BCUT2D eigenvalue weighted by Gasteiger charge is -2.36. The number of piperazine rings is 1. The van der Waals surface area contributed by atoms with Crippen LogP contribution in [0.3, 0.4) is 0 Å². The van der Waals surface area contributed by atoms with Gasteiger partial charge in [0.2, 0.25) is 0 Å². The van der Waals surface area contributed by atoms with Crippen LogP contribution in [0.4, 0.5) is 15.0 Å². The predicted molar refractivity (Wildman–Crippen MR) is 215 cm³/mol. The molecule has 5 heterocycles. The zero-order valence-corrected chi connectivity index (χ0v) is 33.6. The SMILES string of the molecule is CCOc1nc(N2C[C@@H]3C[C@H]2CN3C(=O)OC(C)(C)C)c2cc(C3CC3)c(-c3c(C)c(F)cc4c3cnn4C3CCCCO3)c(OCc3ccc(C(=O)O)cc3)c2n1. The molecule has 0 radical (unpaired) electrons. The van der Waals surface area contributed by atoms with Crippen LogP contribution in [0, 0.1) is 12.7 Å². The van der Waals surface area contributed by atoms with Gasteiger partial charge in [-0.25, -0.2) is 18.7 Å². The molecule has 1 saturated carbocycles. The minimum atomic E-state index is -1.01. The largest absolute Gasteiger partial charge is 0.486 e. The highest BCUT2D eigenvalue weighted by Crippen LogP contribution is 2.54. The third-order valence-electron chi connectivity index (χ3n) is 11.7. The van der Waals surface area contributed by atoms with Gasteiger partial charge in [0.25, 0.3) is 0 Å². The van der Waals surface area contributed by atoms with Gasteiger partial charge in [0.05, 0.1) is 36.0 Å². The maximum absolute atomic E-state index is 16.4. The number of benzene rings is 3. The van der Waals surface area contributed by atoms with Gasteiger partial charge in [-0.05, 0) is 114 Å². The first-order valence-corrected chi connectivity index (χ1v) is 20.4. The van der Waals surface area contributed by atoms with Gasteiger partial charge < -0.3 is 33.9 Å². The van der Waals surface area contributed by atoms with Crippen molar-refractivity contribution in [1.29, 1.82) is 0 Å². The van der Waals surface area contributed by atoms with Gasteiger partial charge in [-0.2, -0.15) is 15.1 Å². The molecule has 13 nitrogen and oxygen atoms in total. The van der Waals surface area contributed by atoms with E-state index in [9.17, 15) is 14.7 Å². The Morgan fingerprint density at radius 2 is 1.78 bits per heavy atom. The van der Waals surface area contributed by atoms with Crippen LogP contribution in [0.15, 0.2) is 42.6 Å². The van der Waals surface area contributed by atoms with Crippen LogP contribution < -0.4 is 14.4 Å². The lowest BCUT2D eigenvalue weighted by molar-refractivity contribution is -0.0367. The van der Waals surface area contributed by atoms with Crippen molar-refractivity contribution in [3.8, 4) is 22.9 Å². The fourth-order valence-electron chi connectivity index (χ4n) is 8.84. The summed E-state index contributed by atoms with van der Waals surface area (Å²) in [5.41, 5.74) is 4.38. The highest BCUT2D eigenvalue weighted by atomic mass is 19.1. The van der Waals surface area contributed by atoms with Crippen molar-refractivity contribution < 1.29 is 38.0 Å². The molecule has 2 bridgehead atoms. The molecule has 2 aromatic heterocycles. The second-order valence-electron chi connectivity index (χ2n) is 16.9. The van der Waals surface area contributed by atoms with Gasteiger partial charge in [0.1, 0.15) is 29.4 Å². The molecule has 58 heavy (non-hydrogen) atoms. The molecule has 9 rings (SSSR count). The lowest BCUT2D eigenvalue weighted by Crippen LogP contribution is -2.50. The predicted octanol–water partition coefficient (Wildman–Crippen LogP) is 8.54. The van der Waals surface area contributed by atoms with Crippen molar-refractivity contribution in [1.82, 2.24) is 24.6 Å². The monoisotopic (exact) mass is 792 g/mol. The zero-order chi connectivity index (χ0) is 40.5. The Labute approximate surface area is 336 Å². The first kappa shape index (κ1) is 38.0. The summed E-state index contributed by atoms with van der Waals surface area (Å²) in [4.78, 5) is 39.0. The Morgan fingerprint density at radius 3 is 2.43 bits per heavy atom. The summed E-state index contributed by atoms with van der Waals surface area (Å²) < 4.78 is 43.1. The number of carboxylic acid groups (broad SMARTS) is 1. The van der Waals surface area contributed by atoms with E-state index in [1.54, 1.807) is 48.1 Å². The molecule has 0 spiro atoms. The van der Waals surface area contributed by atoms with Crippen LogP contribution >= 0.6 is 0 Å². The van der Waals surface area contributed by atoms with Crippen molar-refractivity contribution in [2.75, 3.05) is 31.2 Å². The van der Waals surface area contributed by atoms with Crippen molar-refractivity contribution >= 4 is 39.7 Å². The molecule has 3 saturated heterocycles. The van der Waals surface area contributed by atoms with Crippen LogP contribution in [0.2, 0.25) is 0 Å². The highest BCUT2D eigenvalue weighted by Gasteiger charge is 2.48. The van der Waals surface area contributed by atoms with Gasteiger partial charge in [0, 0.05) is 47.7 Å². The quantitative estimate of drug-likeness (QED) is 0.145. The smallest absolute Gasteiger partial charge is 0.410 e. The first-order valence-electron chi connectivity index (χ1n) is 20.4. The van der Waals surface area contributed by atoms with Gasteiger partial charge >= 0.3 is 18.1 Å². The maximum Gasteiger partial charge on any atom is 0.410 e. The third-order valence-corrected chi connectivity index (χ3v) is 11.7. The Bertz CT molecular complexity index is 2420. The number of rotatable bonds is 10. The van der Waals surface area contributed by atoms with E-state index in [2.05, 4.69) is 11.0 Å². The van der Waals surface area contributed by atoms with Gasteiger partial charge in [-0.15, -0.1) is 0 Å². The lowest BCUT2D eigenvalue weighted by atomic mass is 9.88. The molecule has 5 aromatic rings. The number of amides is 1. The number of fused-ring (bicyclic) bond motifs is 4. The van der Waals surface area contributed by atoms with Gasteiger partial charge in [-0.1, -0.05) is 12.1 Å². The number of nitrogens with zero attached hydrogens (tertiary/aromatic N) is 6. The number of aromatic nitrogens is 4. The van der Waals surface area contributed by atoms with E-state index < -0.39 is 11.6 Å². The third kappa shape index (κ3) is 6.94. The molecule has 14 heteroatoms. The summed E-state index contributed by atoms with van der Waals surface area (Å²) in [6.45, 7) is 11.4. The number of likely N-dealkylation sites (tertiary alicyclic amines) is 1. The van der Waals surface area contributed by atoms with Crippen LogP contribution in [-0.2, 0) is 16.1 Å². The summed E-state index contributed by atoms with van der Waals surface area (Å²) in [7, 11) is 0. The number of ether oxygens (including phenoxy) is 4. The summed E-state index contributed by atoms with van der Waals surface area (Å²) in [5, 5.41) is 15.9. The van der Waals surface area contributed by atoms with E-state index in [-0.39, 0.29) is 54.3 Å². The van der Waals surface area contributed by atoms with Crippen LogP contribution in [0.5, 0.6) is 11.8 Å². The Hall–Kier alpha value is -5.50. The molecule has 4 fully saturated rings. The summed E-state index contributed by atoms with van der Waals surface area (Å²) >= 11 is 0. The van der Waals surface area contributed by atoms with Crippen LogP contribution in [-0.4, -0.2) is 85.8 Å². The molecule has 1 unspecified atom stereocenters. The molecule has 3 aromatic carbocycles. The van der Waals surface area contributed by atoms with Gasteiger partial charge in [0.15, 0.2) is 12.0 Å². The second-order valence-corrected chi connectivity index (χ2v) is 16.9. The Balaban J connectivity index is 1.24. The molecule has 1 amide bonds. The number of carbonyl (C=O) groups is 2. The van der Waals surface area contributed by atoms with Crippen molar-refractivity contribution in [2.24, 2.45) is 0 Å². The highest BCUT2D eigenvalue weighted by molar-refractivity contribution is 6.06. The number of carbonyl (C=O) groups excluding carboxylic acids is 1. The molecule has 1 N–H and O–H groups in total. The van der Waals surface area contributed by atoms with E-state index >= 15 is 4.39 Å². The van der Waals surface area contributed by atoms with Crippen molar-refractivity contribution in [3.05, 3.63) is 70.7 Å². The average Bonchev–Trinajstić information content (AvgIpc) is 3.63. The molecule has 3 atom stereocenters. The van der Waals surface area contributed by atoms with E-state index in [1.807, 2.05) is 32.6 Å². The van der Waals surface area contributed by atoms with Gasteiger partial charge in [-0.3, -0.25) is 0 Å². The van der Waals surface area contributed by atoms with Crippen molar-refractivity contribution in [2.45, 2.75) is 110 Å².